The third-order valence-corrected chi connectivity index (χ3v) is 7.93. The molecule has 0 atom stereocenters. The maximum Gasteiger partial charge on any atom is 0.344 e. The molecular formula is C33H40N4O5. The standard InChI is InChI=1S/C33H40N4O5/c1-3-20-36-32(39)29-31(34-30(26-14-8-9-15-26)37(29)22-25-11-6-5-7-12-25)35(33(36)40)21-10-13-24-16-18-27(19-17-24)42-23-28(38)41-4-2/h5-7,11-12,16-19,26H,3-4,8-10,13-15,20-23H2,1-2H3. The molecule has 1 fully saturated rings. The summed E-state index contributed by atoms with van der Waals surface area (Å²) in [4.78, 5) is 44.1. The van der Waals surface area contributed by atoms with Crippen LogP contribution >= 0.6 is 0 Å². The van der Waals surface area contributed by atoms with E-state index in [-0.39, 0.29) is 23.8 Å². The Bertz CT molecular complexity index is 1610. The van der Waals surface area contributed by atoms with Crippen LogP contribution in [0.2, 0.25) is 0 Å². The molecule has 5 rings (SSSR count). The molecule has 0 spiro atoms. The zero-order valence-corrected chi connectivity index (χ0v) is 24.6. The van der Waals surface area contributed by atoms with Crippen LogP contribution in [0, 0.1) is 0 Å². The fraction of sp³-hybridized carbons (Fsp3) is 0.455. The number of hydrogen-bond donors (Lipinski definition) is 0. The van der Waals surface area contributed by atoms with E-state index in [2.05, 4.69) is 16.7 Å². The van der Waals surface area contributed by atoms with Gasteiger partial charge in [0.05, 0.1) is 6.61 Å². The molecule has 0 bridgehead atoms. The van der Waals surface area contributed by atoms with Crippen molar-refractivity contribution in [2.45, 2.75) is 84.3 Å². The van der Waals surface area contributed by atoms with Crippen molar-refractivity contribution < 1.29 is 14.3 Å². The fourth-order valence-electron chi connectivity index (χ4n) is 5.89. The van der Waals surface area contributed by atoms with Gasteiger partial charge in [0.1, 0.15) is 11.6 Å². The lowest BCUT2D eigenvalue weighted by Gasteiger charge is -2.14. The van der Waals surface area contributed by atoms with Crippen molar-refractivity contribution in [2.75, 3.05) is 13.2 Å². The molecule has 222 valence electrons. The van der Waals surface area contributed by atoms with Crippen LogP contribution in [-0.4, -0.2) is 37.9 Å². The number of imidazole rings is 1. The Kier molecular flexibility index (Phi) is 9.56. The Hall–Kier alpha value is -4.14. The summed E-state index contributed by atoms with van der Waals surface area (Å²) in [6, 6.07) is 17.7. The predicted molar refractivity (Wildman–Crippen MR) is 162 cm³/mol. The first-order valence-electron chi connectivity index (χ1n) is 15.1. The lowest BCUT2D eigenvalue weighted by atomic mass is 10.1. The summed E-state index contributed by atoms with van der Waals surface area (Å²) in [6.45, 7) is 5.30. The molecule has 2 aromatic heterocycles. The largest absolute Gasteiger partial charge is 0.482 e. The van der Waals surface area contributed by atoms with Gasteiger partial charge in [-0.2, -0.15) is 0 Å². The molecule has 0 saturated heterocycles. The van der Waals surface area contributed by atoms with Gasteiger partial charge in [0.15, 0.2) is 17.8 Å². The van der Waals surface area contributed by atoms with E-state index in [1.165, 1.54) is 4.57 Å². The minimum atomic E-state index is -0.398. The van der Waals surface area contributed by atoms with E-state index >= 15 is 0 Å². The van der Waals surface area contributed by atoms with Crippen LogP contribution in [0.3, 0.4) is 0 Å². The zero-order chi connectivity index (χ0) is 29.5. The van der Waals surface area contributed by atoms with Crippen LogP contribution in [0.15, 0.2) is 64.2 Å². The van der Waals surface area contributed by atoms with Crippen molar-refractivity contribution in [1.29, 1.82) is 0 Å². The average Bonchev–Trinajstić information content (AvgIpc) is 3.66. The van der Waals surface area contributed by atoms with Gasteiger partial charge in [-0.15, -0.1) is 0 Å². The second kappa shape index (κ2) is 13.7. The van der Waals surface area contributed by atoms with Crippen molar-refractivity contribution >= 4 is 17.1 Å². The first-order chi connectivity index (χ1) is 20.5. The van der Waals surface area contributed by atoms with Crippen molar-refractivity contribution in [3.8, 4) is 5.75 Å². The molecule has 42 heavy (non-hydrogen) atoms. The third kappa shape index (κ3) is 6.50. The molecule has 9 nitrogen and oxygen atoms in total. The molecule has 0 amide bonds. The second-order valence-electron chi connectivity index (χ2n) is 10.9. The maximum atomic E-state index is 13.8. The number of nitrogens with zero attached hydrogens (tertiary/aromatic N) is 4. The minimum Gasteiger partial charge on any atom is -0.482 e. The van der Waals surface area contributed by atoms with Crippen LogP contribution in [0.4, 0.5) is 0 Å². The molecule has 0 radical (unpaired) electrons. The highest BCUT2D eigenvalue weighted by Gasteiger charge is 2.27. The zero-order valence-electron chi connectivity index (χ0n) is 24.6. The quantitative estimate of drug-likeness (QED) is 0.208. The highest BCUT2D eigenvalue weighted by atomic mass is 16.6. The number of benzene rings is 2. The van der Waals surface area contributed by atoms with Gasteiger partial charge in [0.25, 0.3) is 5.56 Å². The van der Waals surface area contributed by atoms with Crippen molar-refractivity contribution in [2.24, 2.45) is 0 Å². The van der Waals surface area contributed by atoms with E-state index in [1.54, 1.807) is 11.5 Å². The van der Waals surface area contributed by atoms with Gasteiger partial charge in [0, 0.05) is 25.6 Å². The molecule has 2 heterocycles. The molecule has 1 aliphatic rings. The van der Waals surface area contributed by atoms with Gasteiger partial charge in [-0.05, 0) is 62.3 Å². The molecule has 1 saturated carbocycles. The lowest BCUT2D eigenvalue weighted by Crippen LogP contribution is -2.40. The number of carbonyl (C=O) groups excluding carboxylic acids is 1. The van der Waals surface area contributed by atoms with Gasteiger partial charge in [-0.25, -0.2) is 14.6 Å². The van der Waals surface area contributed by atoms with E-state index in [1.807, 2.05) is 49.4 Å². The number of aryl methyl sites for hydroxylation is 2. The van der Waals surface area contributed by atoms with Crippen LogP contribution in [0.25, 0.3) is 11.2 Å². The normalized spacial score (nSPS) is 13.6. The monoisotopic (exact) mass is 572 g/mol. The van der Waals surface area contributed by atoms with Crippen molar-refractivity contribution in [3.63, 3.8) is 0 Å². The summed E-state index contributed by atoms with van der Waals surface area (Å²) in [6.07, 6.45) is 6.52. The third-order valence-electron chi connectivity index (χ3n) is 7.93. The Morgan fingerprint density at radius 2 is 1.64 bits per heavy atom. The van der Waals surface area contributed by atoms with E-state index in [4.69, 9.17) is 14.5 Å². The number of esters is 1. The van der Waals surface area contributed by atoms with Crippen molar-refractivity contribution in [1.82, 2.24) is 18.7 Å². The van der Waals surface area contributed by atoms with Crippen LogP contribution < -0.4 is 16.0 Å². The summed E-state index contributed by atoms with van der Waals surface area (Å²) in [5, 5.41) is 0. The molecule has 4 aromatic rings. The minimum absolute atomic E-state index is 0.126. The van der Waals surface area contributed by atoms with E-state index in [0.717, 1.165) is 49.1 Å². The molecule has 0 aliphatic heterocycles. The van der Waals surface area contributed by atoms with Crippen LogP contribution in [0.1, 0.15) is 75.2 Å². The van der Waals surface area contributed by atoms with Gasteiger partial charge in [-0.3, -0.25) is 13.9 Å². The fourth-order valence-corrected chi connectivity index (χ4v) is 5.89. The van der Waals surface area contributed by atoms with E-state index in [0.29, 0.717) is 56.0 Å². The smallest absolute Gasteiger partial charge is 0.344 e. The van der Waals surface area contributed by atoms with E-state index in [9.17, 15) is 14.4 Å². The van der Waals surface area contributed by atoms with E-state index < -0.39 is 5.97 Å². The van der Waals surface area contributed by atoms with Gasteiger partial charge in [0.2, 0.25) is 0 Å². The SMILES string of the molecule is CCCn1c(=O)c2c(nc(C3CCCC3)n2Cc2ccccc2)n(CCCc2ccc(OCC(=O)OCC)cc2)c1=O. The molecule has 1 aliphatic carbocycles. The van der Waals surface area contributed by atoms with Crippen LogP contribution in [-0.2, 0) is 35.6 Å². The Morgan fingerprint density at radius 1 is 0.905 bits per heavy atom. The Balaban J connectivity index is 1.44. The number of aromatic nitrogens is 4. The summed E-state index contributed by atoms with van der Waals surface area (Å²) in [5.41, 5.74) is 2.67. The predicted octanol–water partition coefficient (Wildman–Crippen LogP) is 5.05. The maximum absolute atomic E-state index is 13.8. The number of hydrogen-bond acceptors (Lipinski definition) is 6. The van der Waals surface area contributed by atoms with Crippen molar-refractivity contribution in [3.05, 3.63) is 92.4 Å². The molecule has 9 heteroatoms. The molecule has 0 unspecified atom stereocenters. The second-order valence-corrected chi connectivity index (χ2v) is 10.9. The summed E-state index contributed by atoms with van der Waals surface area (Å²) in [5.74, 6) is 1.40. The van der Waals surface area contributed by atoms with Crippen LogP contribution in [0.5, 0.6) is 5.75 Å². The average molecular weight is 573 g/mol. The number of rotatable bonds is 13. The molecule has 2 aromatic carbocycles. The summed E-state index contributed by atoms with van der Waals surface area (Å²) >= 11 is 0. The Morgan fingerprint density at radius 3 is 2.33 bits per heavy atom. The lowest BCUT2D eigenvalue weighted by molar-refractivity contribution is -0.145. The topological polar surface area (TPSA) is 97.4 Å². The summed E-state index contributed by atoms with van der Waals surface area (Å²) in [7, 11) is 0. The van der Waals surface area contributed by atoms with Gasteiger partial charge < -0.3 is 14.0 Å². The number of carbonyl (C=O) groups is 1. The number of fused-ring (bicyclic) bond motifs is 1. The van der Waals surface area contributed by atoms with Gasteiger partial charge >= 0.3 is 11.7 Å². The highest BCUT2D eigenvalue weighted by Crippen LogP contribution is 2.35. The van der Waals surface area contributed by atoms with Gasteiger partial charge in [-0.1, -0.05) is 62.2 Å². The first kappa shape index (κ1) is 29.4. The number of ether oxygens (including phenoxy) is 2. The highest BCUT2D eigenvalue weighted by molar-refractivity contribution is 5.72. The molecular weight excluding hydrogens is 532 g/mol. The molecule has 0 N–H and O–H groups in total. The first-order valence-corrected chi connectivity index (χ1v) is 15.1. The summed E-state index contributed by atoms with van der Waals surface area (Å²) < 4.78 is 15.6. The Labute approximate surface area is 245 Å².